The summed E-state index contributed by atoms with van der Waals surface area (Å²) in [5, 5.41) is 3.32. The van der Waals surface area contributed by atoms with Crippen molar-refractivity contribution in [3.63, 3.8) is 0 Å². The molecule has 1 aromatic rings. The van der Waals surface area contributed by atoms with E-state index in [1.807, 2.05) is 12.1 Å². The van der Waals surface area contributed by atoms with Gasteiger partial charge in [-0.3, -0.25) is 0 Å². The van der Waals surface area contributed by atoms with E-state index in [0.29, 0.717) is 5.92 Å². The summed E-state index contributed by atoms with van der Waals surface area (Å²) >= 11 is 0. The predicted molar refractivity (Wildman–Crippen MR) is 65.6 cm³/mol. The second-order valence-corrected chi connectivity index (χ2v) is 5.02. The van der Waals surface area contributed by atoms with E-state index in [4.69, 9.17) is 0 Å². The molecule has 0 unspecified atom stereocenters. The lowest BCUT2D eigenvalue weighted by Crippen LogP contribution is -2.26. The van der Waals surface area contributed by atoms with Crippen molar-refractivity contribution in [3.05, 3.63) is 35.4 Å². The van der Waals surface area contributed by atoms with Gasteiger partial charge in [0.15, 0.2) is 0 Å². The van der Waals surface area contributed by atoms with Crippen LogP contribution in [0.25, 0.3) is 0 Å². The third kappa shape index (κ3) is 3.77. The summed E-state index contributed by atoms with van der Waals surface area (Å²) in [6.07, 6.45) is 2.05. The van der Waals surface area contributed by atoms with Crippen LogP contribution in [-0.4, -0.2) is 19.0 Å². The summed E-state index contributed by atoms with van der Waals surface area (Å²) in [6.45, 7) is 3.03. The van der Waals surface area contributed by atoms with E-state index in [1.54, 1.807) is 6.07 Å². The average molecular weight is 239 g/mol. The van der Waals surface area contributed by atoms with Crippen LogP contribution in [0.5, 0.6) is 0 Å². The Kier molecular flexibility index (Phi) is 3.77. The smallest absolute Gasteiger partial charge is 0.249 e. The number of benzene rings is 1. The minimum atomic E-state index is -2.62. The molecule has 1 aromatic carbocycles. The molecular formula is C14H19F2N. The molecule has 1 aliphatic rings. The summed E-state index contributed by atoms with van der Waals surface area (Å²) in [6, 6.07) is 7.71. The van der Waals surface area contributed by atoms with Crippen LogP contribution in [-0.2, 0) is 6.42 Å². The molecule has 1 N–H and O–H groups in total. The highest BCUT2D eigenvalue weighted by Gasteiger charge is 2.22. The van der Waals surface area contributed by atoms with Crippen molar-refractivity contribution in [1.29, 1.82) is 0 Å². The molecule has 0 amide bonds. The Balaban J connectivity index is 2.10. The van der Waals surface area contributed by atoms with Crippen molar-refractivity contribution in [3.8, 4) is 0 Å². The van der Waals surface area contributed by atoms with E-state index in [1.165, 1.54) is 5.56 Å². The van der Waals surface area contributed by atoms with Crippen LogP contribution in [0.2, 0.25) is 0 Å². The molecule has 2 rings (SSSR count). The fourth-order valence-corrected chi connectivity index (χ4v) is 2.47. The van der Waals surface area contributed by atoms with Gasteiger partial charge < -0.3 is 5.32 Å². The fourth-order valence-electron chi connectivity index (χ4n) is 2.47. The van der Waals surface area contributed by atoms with Crippen molar-refractivity contribution in [2.75, 3.05) is 13.1 Å². The lowest BCUT2D eigenvalue weighted by molar-refractivity contribution is 0.0226. The number of rotatable bonds is 3. The first-order valence-corrected chi connectivity index (χ1v) is 6.22. The molecule has 0 saturated carbocycles. The number of piperidine rings is 1. The number of alkyl halides is 2. The zero-order chi connectivity index (χ0) is 12.3. The lowest BCUT2D eigenvalue weighted by atomic mass is 9.89. The van der Waals surface area contributed by atoms with Gasteiger partial charge >= 0.3 is 0 Å². The molecule has 0 aromatic heterocycles. The van der Waals surface area contributed by atoms with E-state index in [9.17, 15) is 8.78 Å². The molecule has 1 nitrogen and oxygen atoms in total. The molecule has 0 spiro atoms. The van der Waals surface area contributed by atoms with Crippen LogP contribution in [0.4, 0.5) is 8.78 Å². The van der Waals surface area contributed by atoms with Crippen LogP contribution in [0.1, 0.15) is 36.8 Å². The Labute approximate surface area is 101 Å². The summed E-state index contributed by atoms with van der Waals surface area (Å²) in [4.78, 5) is 0. The molecule has 1 heterocycles. The SMILES string of the molecule is CC(F)(F)Cc1cccc(C2CCNCC2)c1. The standard InChI is InChI=1S/C14H19F2N/c1-14(15,16)10-11-3-2-4-13(9-11)12-5-7-17-8-6-12/h2-4,9,12,17H,5-8,10H2,1H3. The van der Waals surface area contributed by atoms with Crippen LogP contribution in [0.15, 0.2) is 24.3 Å². The molecule has 3 heteroatoms. The number of hydrogen-bond donors (Lipinski definition) is 1. The maximum atomic E-state index is 13.0. The normalized spacial score (nSPS) is 18.3. The van der Waals surface area contributed by atoms with Gasteiger partial charge in [0.05, 0.1) is 0 Å². The third-order valence-electron chi connectivity index (χ3n) is 3.28. The average Bonchev–Trinajstić information content (AvgIpc) is 2.28. The van der Waals surface area contributed by atoms with Crippen molar-refractivity contribution < 1.29 is 8.78 Å². The van der Waals surface area contributed by atoms with Gasteiger partial charge in [-0.2, -0.15) is 0 Å². The Hall–Kier alpha value is -0.960. The zero-order valence-electron chi connectivity index (χ0n) is 10.2. The fraction of sp³-hybridized carbons (Fsp3) is 0.571. The molecule has 1 fully saturated rings. The topological polar surface area (TPSA) is 12.0 Å². The molecule has 17 heavy (non-hydrogen) atoms. The van der Waals surface area contributed by atoms with Crippen molar-refractivity contribution in [1.82, 2.24) is 5.32 Å². The number of nitrogens with one attached hydrogen (secondary N) is 1. The Morgan fingerprint density at radius 3 is 2.65 bits per heavy atom. The maximum absolute atomic E-state index is 13.0. The van der Waals surface area contributed by atoms with Gasteiger partial charge in [0, 0.05) is 6.42 Å². The molecule has 0 bridgehead atoms. The van der Waals surface area contributed by atoms with Crippen LogP contribution in [0.3, 0.4) is 0 Å². The Bertz CT molecular complexity index is 365. The summed E-state index contributed by atoms with van der Waals surface area (Å²) in [5.74, 6) is -2.09. The maximum Gasteiger partial charge on any atom is 0.249 e. The monoisotopic (exact) mass is 239 g/mol. The van der Waals surface area contributed by atoms with Gasteiger partial charge in [-0.25, -0.2) is 8.78 Å². The van der Waals surface area contributed by atoms with Gasteiger partial charge in [-0.05, 0) is 49.9 Å². The molecule has 1 aliphatic heterocycles. The van der Waals surface area contributed by atoms with Gasteiger partial charge in [0.1, 0.15) is 0 Å². The summed E-state index contributed by atoms with van der Waals surface area (Å²) in [5.41, 5.74) is 1.96. The third-order valence-corrected chi connectivity index (χ3v) is 3.28. The first-order valence-electron chi connectivity index (χ1n) is 6.22. The van der Waals surface area contributed by atoms with Crippen molar-refractivity contribution in [2.24, 2.45) is 0 Å². The predicted octanol–water partition coefficient (Wildman–Crippen LogP) is 3.35. The first-order chi connectivity index (χ1) is 8.04. The van der Waals surface area contributed by atoms with Crippen LogP contribution >= 0.6 is 0 Å². The van der Waals surface area contributed by atoms with E-state index in [-0.39, 0.29) is 6.42 Å². The minimum Gasteiger partial charge on any atom is -0.317 e. The summed E-state index contributed by atoms with van der Waals surface area (Å²) < 4.78 is 25.9. The van der Waals surface area contributed by atoms with Crippen molar-refractivity contribution >= 4 is 0 Å². The highest BCUT2D eigenvalue weighted by Crippen LogP contribution is 2.27. The molecule has 1 saturated heterocycles. The Morgan fingerprint density at radius 1 is 1.29 bits per heavy atom. The molecular weight excluding hydrogens is 220 g/mol. The van der Waals surface area contributed by atoms with Gasteiger partial charge in [-0.15, -0.1) is 0 Å². The van der Waals surface area contributed by atoms with Gasteiger partial charge in [0.2, 0.25) is 5.92 Å². The number of halogens is 2. The van der Waals surface area contributed by atoms with E-state index < -0.39 is 5.92 Å². The molecule has 0 aliphatic carbocycles. The second kappa shape index (κ2) is 5.13. The Morgan fingerprint density at radius 2 is 2.00 bits per heavy atom. The highest BCUT2D eigenvalue weighted by atomic mass is 19.3. The first kappa shape index (κ1) is 12.5. The van der Waals surface area contributed by atoms with Crippen LogP contribution < -0.4 is 5.32 Å². The zero-order valence-corrected chi connectivity index (χ0v) is 10.2. The van der Waals surface area contributed by atoms with E-state index in [2.05, 4.69) is 11.4 Å². The second-order valence-electron chi connectivity index (χ2n) is 5.02. The summed E-state index contributed by atoms with van der Waals surface area (Å²) in [7, 11) is 0. The quantitative estimate of drug-likeness (QED) is 0.853. The minimum absolute atomic E-state index is 0.161. The molecule has 0 atom stereocenters. The largest absolute Gasteiger partial charge is 0.317 e. The molecule has 94 valence electrons. The number of hydrogen-bond acceptors (Lipinski definition) is 1. The molecule has 0 radical (unpaired) electrons. The van der Waals surface area contributed by atoms with Gasteiger partial charge in [-0.1, -0.05) is 24.3 Å². The highest BCUT2D eigenvalue weighted by molar-refractivity contribution is 5.27. The van der Waals surface area contributed by atoms with E-state index in [0.717, 1.165) is 38.4 Å². The van der Waals surface area contributed by atoms with Gasteiger partial charge in [0.25, 0.3) is 0 Å². The lowest BCUT2D eigenvalue weighted by Gasteiger charge is -2.23. The van der Waals surface area contributed by atoms with Crippen LogP contribution in [0, 0.1) is 0 Å². The van der Waals surface area contributed by atoms with E-state index >= 15 is 0 Å². The van der Waals surface area contributed by atoms with Crippen molar-refractivity contribution in [2.45, 2.75) is 38.0 Å².